The molecule has 1 saturated heterocycles. The minimum atomic E-state index is -3.41. The van der Waals surface area contributed by atoms with Gasteiger partial charge < -0.3 is 9.84 Å². The zero-order valence-corrected chi connectivity index (χ0v) is 9.75. The molecular weight excluding hydrogens is 232 g/mol. The maximum absolute atomic E-state index is 11.9. The molecule has 8 heteroatoms. The van der Waals surface area contributed by atoms with E-state index in [2.05, 4.69) is 20.2 Å². The molecule has 0 radical (unpaired) electrons. The molecule has 0 aliphatic carbocycles. The Hall–Kier alpha value is -1.15. The monoisotopic (exact) mass is 246 g/mol. The SMILES string of the molecule is Cc1noc(NS(=O)(=O)C2CCNCC2)n1. The van der Waals surface area contributed by atoms with Crippen LogP contribution < -0.4 is 10.0 Å². The number of sulfonamides is 1. The van der Waals surface area contributed by atoms with E-state index in [1.165, 1.54) is 0 Å². The van der Waals surface area contributed by atoms with Gasteiger partial charge in [0.05, 0.1) is 5.25 Å². The highest BCUT2D eigenvalue weighted by Crippen LogP contribution is 2.16. The first kappa shape index (κ1) is 11.3. The second kappa shape index (κ2) is 4.38. The van der Waals surface area contributed by atoms with E-state index in [1.807, 2.05) is 0 Å². The lowest BCUT2D eigenvalue weighted by Gasteiger charge is -2.21. The van der Waals surface area contributed by atoms with E-state index < -0.39 is 10.0 Å². The summed E-state index contributed by atoms with van der Waals surface area (Å²) in [5.41, 5.74) is 0. The summed E-state index contributed by atoms with van der Waals surface area (Å²) >= 11 is 0. The minimum Gasteiger partial charge on any atom is -0.317 e. The van der Waals surface area contributed by atoms with Crippen molar-refractivity contribution in [1.82, 2.24) is 15.5 Å². The Bertz CT molecular complexity index is 450. The van der Waals surface area contributed by atoms with Gasteiger partial charge in [0.1, 0.15) is 0 Å². The van der Waals surface area contributed by atoms with Gasteiger partial charge in [-0.05, 0) is 32.9 Å². The summed E-state index contributed by atoms with van der Waals surface area (Å²) in [5.74, 6) is 0.406. The van der Waals surface area contributed by atoms with Crippen LogP contribution in [0.25, 0.3) is 0 Å². The third-order valence-corrected chi connectivity index (χ3v) is 4.29. The quantitative estimate of drug-likeness (QED) is 0.771. The lowest BCUT2D eigenvalue weighted by molar-refractivity contribution is 0.428. The molecule has 2 rings (SSSR count). The molecule has 0 unspecified atom stereocenters. The number of anilines is 1. The van der Waals surface area contributed by atoms with Gasteiger partial charge in [-0.15, -0.1) is 0 Å². The molecule has 90 valence electrons. The standard InChI is InChI=1S/C8H14N4O3S/c1-6-10-8(15-11-6)12-16(13,14)7-2-4-9-5-3-7/h7,9H,2-5H2,1H3,(H,10,11,12). The van der Waals surface area contributed by atoms with Gasteiger partial charge in [0.15, 0.2) is 5.82 Å². The number of nitrogens with one attached hydrogen (secondary N) is 2. The van der Waals surface area contributed by atoms with Gasteiger partial charge in [-0.25, -0.2) is 13.1 Å². The molecule has 0 bridgehead atoms. The number of piperidine rings is 1. The predicted octanol–water partition coefficient (Wildman–Crippen LogP) is -0.128. The molecule has 7 nitrogen and oxygen atoms in total. The maximum Gasteiger partial charge on any atom is 0.335 e. The number of hydrogen-bond donors (Lipinski definition) is 2. The van der Waals surface area contributed by atoms with E-state index >= 15 is 0 Å². The molecule has 2 heterocycles. The summed E-state index contributed by atoms with van der Waals surface area (Å²) in [6.07, 6.45) is 1.20. The van der Waals surface area contributed by atoms with Crippen LogP contribution in [0, 0.1) is 6.92 Å². The van der Waals surface area contributed by atoms with E-state index in [4.69, 9.17) is 4.52 Å². The van der Waals surface area contributed by atoms with Gasteiger partial charge >= 0.3 is 6.01 Å². The fourth-order valence-corrected chi connectivity index (χ4v) is 3.00. The number of nitrogens with zero attached hydrogens (tertiary/aromatic N) is 2. The molecule has 1 aromatic heterocycles. The third kappa shape index (κ3) is 2.50. The zero-order chi connectivity index (χ0) is 11.6. The second-order valence-electron chi connectivity index (χ2n) is 3.74. The van der Waals surface area contributed by atoms with Crippen LogP contribution in [0.15, 0.2) is 4.52 Å². The Labute approximate surface area is 93.7 Å². The Kier molecular flexibility index (Phi) is 3.10. The summed E-state index contributed by atoms with van der Waals surface area (Å²) in [6.45, 7) is 3.06. The van der Waals surface area contributed by atoms with Crippen molar-refractivity contribution >= 4 is 16.0 Å². The molecule has 1 aliphatic heterocycles. The van der Waals surface area contributed by atoms with Gasteiger partial charge in [-0.2, -0.15) is 4.98 Å². The number of rotatable bonds is 3. The molecule has 0 saturated carbocycles. The first-order chi connectivity index (χ1) is 7.58. The van der Waals surface area contributed by atoms with E-state index in [0.29, 0.717) is 31.8 Å². The molecule has 2 N–H and O–H groups in total. The lowest BCUT2D eigenvalue weighted by atomic mass is 10.2. The van der Waals surface area contributed by atoms with Crippen molar-refractivity contribution in [3.63, 3.8) is 0 Å². The van der Waals surface area contributed by atoms with E-state index in [-0.39, 0.29) is 11.3 Å². The van der Waals surface area contributed by atoms with E-state index in [0.717, 1.165) is 0 Å². The van der Waals surface area contributed by atoms with Gasteiger partial charge in [0, 0.05) is 0 Å². The van der Waals surface area contributed by atoms with E-state index in [1.54, 1.807) is 6.92 Å². The van der Waals surface area contributed by atoms with Crippen LogP contribution in [0.3, 0.4) is 0 Å². The smallest absolute Gasteiger partial charge is 0.317 e. The van der Waals surface area contributed by atoms with Crippen LogP contribution >= 0.6 is 0 Å². The molecule has 0 amide bonds. The Morgan fingerprint density at radius 3 is 2.69 bits per heavy atom. The summed E-state index contributed by atoms with van der Waals surface area (Å²) in [5, 5.41) is 6.24. The van der Waals surface area contributed by atoms with Gasteiger partial charge in [-0.3, -0.25) is 0 Å². The fraction of sp³-hybridized carbons (Fsp3) is 0.750. The topological polar surface area (TPSA) is 97.1 Å². The normalized spacial score (nSPS) is 18.6. The van der Waals surface area contributed by atoms with Crippen molar-refractivity contribution in [1.29, 1.82) is 0 Å². The average Bonchev–Trinajstić information content (AvgIpc) is 2.64. The van der Waals surface area contributed by atoms with Gasteiger partial charge in [0.2, 0.25) is 10.0 Å². The summed E-state index contributed by atoms with van der Waals surface area (Å²) in [6, 6.07) is -0.0592. The predicted molar refractivity (Wildman–Crippen MR) is 57.5 cm³/mol. The second-order valence-corrected chi connectivity index (χ2v) is 5.70. The summed E-state index contributed by atoms with van der Waals surface area (Å²) in [4.78, 5) is 3.81. The van der Waals surface area contributed by atoms with Crippen molar-refractivity contribution in [3.05, 3.63) is 5.82 Å². The average molecular weight is 246 g/mol. The highest BCUT2D eigenvalue weighted by molar-refractivity contribution is 7.93. The van der Waals surface area contributed by atoms with Crippen LogP contribution in [0.4, 0.5) is 6.01 Å². The first-order valence-corrected chi connectivity index (χ1v) is 6.65. The van der Waals surface area contributed by atoms with Crippen molar-refractivity contribution < 1.29 is 12.9 Å². The fourth-order valence-electron chi connectivity index (χ4n) is 1.65. The Balaban J connectivity index is 2.07. The molecule has 16 heavy (non-hydrogen) atoms. The van der Waals surface area contributed by atoms with Crippen LogP contribution in [0.2, 0.25) is 0 Å². The van der Waals surface area contributed by atoms with Gasteiger partial charge in [-0.1, -0.05) is 5.16 Å². The van der Waals surface area contributed by atoms with E-state index in [9.17, 15) is 8.42 Å². The van der Waals surface area contributed by atoms with Crippen LogP contribution in [0.1, 0.15) is 18.7 Å². The van der Waals surface area contributed by atoms with Crippen molar-refractivity contribution in [2.24, 2.45) is 0 Å². The third-order valence-electron chi connectivity index (χ3n) is 2.48. The molecule has 1 aromatic rings. The molecule has 0 spiro atoms. The number of aromatic nitrogens is 2. The van der Waals surface area contributed by atoms with Gasteiger partial charge in [0.25, 0.3) is 0 Å². The highest BCUT2D eigenvalue weighted by atomic mass is 32.2. The van der Waals surface area contributed by atoms with Crippen molar-refractivity contribution in [2.75, 3.05) is 17.8 Å². The van der Waals surface area contributed by atoms with Crippen LogP contribution in [0.5, 0.6) is 0 Å². The largest absolute Gasteiger partial charge is 0.335 e. The first-order valence-electron chi connectivity index (χ1n) is 5.10. The zero-order valence-electron chi connectivity index (χ0n) is 8.93. The molecular formula is C8H14N4O3S. The Morgan fingerprint density at radius 1 is 1.44 bits per heavy atom. The number of aryl methyl sites for hydroxylation is 1. The molecule has 1 fully saturated rings. The van der Waals surface area contributed by atoms with Crippen LogP contribution in [-0.2, 0) is 10.0 Å². The molecule has 0 atom stereocenters. The lowest BCUT2D eigenvalue weighted by Crippen LogP contribution is -2.38. The summed E-state index contributed by atoms with van der Waals surface area (Å²) < 4.78 is 30.8. The Morgan fingerprint density at radius 2 is 2.12 bits per heavy atom. The van der Waals surface area contributed by atoms with Crippen LogP contribution in [-0.4, -0.2) is 36.9 Å². The minimum absolute atomic E-state index is 0.0592. The summed E-state index contributed by atoms with van der Waals surface area (Å²) in [7, 11) is -3.41. The maximum atomic E-state index is 11.9. The number of hydrogen-bond acceptors (Lipinski definition) is 6. The van der Waals surface area contributed by atoms with Crippen molar-refractivity contribution in [2.45, 2.75) is 25.0 Å². The highest BCUT2D eigenvalue weighted by Gasteiger charge is 2.28. The van der Waals surface area contributed by atoms with Crippen molar-refractivity contribution in [3.8, 4) is 0 Å². The molecule has 1 aliphatic rings. The molecule has 0 aromatic carbocycles.